The third kappa shape index (κ3) is 4.30. The van der Waals surface area contributed by atoms with Crippen molar-refractivity contribution in [2.45, 2.75) is 44.2 Å². The summed E-state index contributed by atoms with van der Waals surface area (Å²) in [5.41, 5.74) is 0.422. The molecule has 1 aromatic rings. The maximum Gasteiger partial charge on any atom is 0.235 e. The van der Waals surface area contributed by atoms with Crippen molar-refractivity contribution in [3.05, 3.63) is 18.0 Å². The van der Waals surface area contributed by atoms with Gasteiger partial charge in [0.05, 0.1) is 18.8 Å². The van der Waals surface area contributed by atoms with Crippen molar-refractivity contribution in [3.63, 3.8) is 0 Å². The summed E-state index contributed by atoms with van der Waals surface area (Å²) in [7, 11) is 3.77. The second-order valence-corrected chi connectivity index (χ2v) is 6.00. The molecule has 0 saturated heterocycles. The van der Waals surface area contributed by atoms with Gasteiger partial charge in [-0.3, -0.25) is 14.4 Å². The molecule has 6 nitrogen and oxygen atoms in total. The highest BCUT2D eigenvalue weighted by Crippen LogP contribution is 2.27. The molecule has 0 aromatic carbocycles. The van der Waals surface area contributed by atoms with Gasteiger partial charge in [0.1, 0.15) is 5.54 Å². The topological polar surface area (TPSA) is 74.0 Å². The predicted molar refractivity (Wildman–Crippen MR) is 79.1 cm³/mol. The minimum Gasteiger partial charge on any atom is -0.337 e. The van der Waals surface area contributed by atoms with Crippen molar-refractivity contribution < 1.29 is 4.79 Å². The third-order valence-corrected chi connectivity index (χ3v) is 3.92. The molecule has 1 aliphatic rings. The summed E-state index contributed by atoms with van der Waals surface area (Å²) < 4.78 is 1.75. The van der Waals surface area contributed by atoms with Gasteiger partial charge in [0, 0.05) is 25.4 Å². The highest BCUT2D eigenvalue weighted by atomic mass is 16.2. The van der Waals surface area contributed by atoms with E-state index in [2.05, 4.69) is 16.5 Å². The maximum atomic E-state index is 12.2. The SMILES string of the molecule is CN(CC(=O)NC1(C#N)CCCCC1)Cc1cnn(C)c1. The van der Waals surface area contributed by atoms with Gasteiger partial charge in [0.25, 0.3) is 0 Å². The van der Waals surface area contributed by atoms with Crippen LogP contribution in [0.15, 0.2) is 12.4 Å². The van der Waals surface area contributed by atoms with Crippen LogP contribution in [0.25, 0.3) is 0 Å². The second kappa shape index (κ2) is 6.72. The van der Waals surface area contributed by atoms with Gasteiger partial charge in [-0.05, 0) is 19.9 Å². The van der Waals surface area contributed by atoms with Crippen molar-refractivity contribution in [1.29, 1.82) is 5.26 Å². The molecule has 0 unspecified atom stereocenters. The fourth-order valence-electron chi connectivity index (χ4n) is 2.89. The molecule has 1 fully saturated rings. The first-order valence-electron chi connectivity index (χ1n) is 7.41. The number of likely N-dealkylation sites (N-methyl/N-ethyl adjacent to an activating group) is 1. The largest absolute Gasteiger partial charge is 0.337 e. The van der Waals surface area contributed by atoms with Crippen LogP contribution < -0.4 is 5.32 Å². The number of hydrogen-bond donors (Lipinski definition) is 1. The first-order chi connectivity index (χ1) is 10.0. The molecule has 0 spiro atoms. The molecular formula is C15H23N5O. The predicted octanol–water partition coefficient (Wildman–Crippen LogP) is 1.19. The lowest BCUT2D eigenvalue weighted by molar-refractivity contribution is -0.123. The summed E-state index contributed by atoms with van der Waals surface area (Å²) in [6.45, 7) is 0.957. The molecule has 1 amide bonds. The van der Waals surface area contributed by atoms with E-state index in [4.69, 9.17) is 0 Å². The third-order valence-electron chi connectivity index (χ3n) is 3.92. The molecule has 0 radical (unpaired) electrons. The Kier molecular flexibility index (Phi) is 4.97. The Hall–Kier alpha value is -1.87. The zero-order valence-electron chi connectivity index (χ0n) is 12.8. The fraction of sp³-hybridized carbons (Fsp3) is 0.667. The lowest BCUT2D eigenvalue weighted by Gasteiger charge is -2.32. The fourth-order valence-corrected chi connectivity index (χ4v) is 2.89. The molecule has 21 heavy (non-hydrogen) atoms. The summed E-state index contributed by atoms with van der Waals surface area (Å²) >= 11 is 0. The monoisotopic (exact) mass is 289 g/mol. The summed E-state index contributed by atoms with van der Waals surface area (Å²) in [4.78, 5) is 14.1. The molecule has 1 N–H and O–H groups in total. The van der Waals surface area contributed by atoms with Gasteiger partial charge >= 0.3 is 0 Å². The Labute approximate surface area is 125 Å². The minimum absolute atomic E-state index is 0.0789. The number of aryl methyl sites for hydroxylation is 1. The van der Waals surface area contributed by atoms with E-state index in [-0.39, 0.29) is 5.91 Å². The van der Waals surface area contributed by atoms with Crippen molar-refractivity contribution in [2.24, 2.45) is 7.05 Å². The molecule has 2 rings (SSSR count). The normalized spacial score (nSPS) is 17.4. The van der Waals surface area contributed by atoms with Gasteiger partial charge < -0.3 is 5.32 Å². The van der Waals surface area contributed by atoms with Crippen LogP contribution in [-0.2, 0) is 18.4 Å². The number of amides is 1. The van der Waals surface area contributed by atoms with E-state index >= 15 is 0 Å². The highest BCUT2D eigenvalue weighted by Gasteiger charge is 2.33. The van der Waals surface area contributed by atoms with Crippen LogP contribution in [0.5, 0.6) is 0 Å². The van der Waals surface area contributed by atoms with E-state index in [1.807, 2.05) is 25.2 Å². The van der Waals surface area contributed by atoms with Crippen LogP contribution in [0.4, 0.5) is 0 Å². The molecule has 0 atom stereocenters. The van der Waals surface area contributed by atoms with Crippen molar-refractivity contribution in [1.82, 2.24) is 20.0 Å². The molecule has 1 heterocycles. The Morgan fingerprint density at radius 1 is 1.52 bits per heavy atom. The molecule has 1 aromatic heterocycles. The van der Waals surface area contributed by atoms with E-state index in [1.54, 1.807) is 10.9 Å². The van der Waals surface area contributed by atoms with Gasteiger partial charge in [-0.2, -0.15) is 10.4 Å². The van der Waals surface area contributed by atoms with Crippen LogP contribution in [0.3, 0.4) is 0 Å². The molecule has 114 valence electrons. The number of aromatic nitrogens is 2. The summed E-state index contributed by atoms with van der Waals surface area (Å²) in [6, 6.07) is 2.31. The summed E-state index contributed by atoms with van der Waals surface area (Å²) in [5.74, 6) is -0.0789. The number of nitrogens with zero attached hydrogens (tertiary/aromatic N) is 4. The van der Waals surface area contributed by atoms with E-state index in [9.17, 15) is 10.1 Å². The average molecular weight is 289 g/mol. The van der Waals surface area contributed by atoms with E-state index in [1.165, 1.54) is 0 Å². The van der Waals surface area contributed by atoms with Gasteiger partial charge in [-0.1, -0.05) is 19.3 Å². The van der Waals surface area contributed by atoms with Gasteiger partial charge in [0.15, 0.2) is 0 Å². The number of nitrogens with one attached hydrogen (secondary N) is 1. The molecule has 1 saturated carbocycles. The van der Waals surface area contributed by atoms with Gasteiger partial charge in [-0.25, -0.2) is 0 Å². The molecule has 0 bridgehead atoms. The first kappa shape index (κ1) is 15.5. The number of nitriles is 1. The standard InChI is InChI=1S/C15H23N5O/c1-19(9-13-8-17-20(2)10-13)11-14(21)18-15(12-16)6-4-3-5-7-15/h8,10H,3-7,9,11H2,1-2H3,(H,18,21). The maximum absolute atomic E-state index is 12.2. The van der Waals surface area contributed by atoms with E-state index in [0.29, 0.717) is 13.1 Å². The number of hydrogen-bond acceptors (Lipinski definition) is 4. The molecular weight excluding hydrogens is 266 g/mol. The summed E-state index contributed by atoms with van der Waals surface area (Å²) in [6.07, 6.45) is 8.45. The Morgan fingerprint density at radius 3 is 2.81 bits per heavy atom. The van der Waals surface area contributed by atoms with Crippen molar-refractivity contribution >= 4 is 5.91 Å². The van der Waals surface area contributed by atoms with E-state index < -0.39 is 5.54 Å². The van der Waals surface area contributed by atoms with Crippen molar-refractivity contribution in [3.8, 4) is 6.07 Å². The van der Waals surface area contributed by atoms with Crippen molar-refractivity contribution in [2.75, 3.05) is 13.6 Å². The molecule has 6 heteroatoms. The van der Waals surface area contributed by atoms with Crippen LogP contribution in [0.2, 0.25) is 0 Å². The first-order valence-corrected chi connectivity index (χ1v) is 7.41. The minimum atomic E-state index is -0.648. The van der Waals surface area contributed by atoms with Gasteiger partial charge in [0.2, 0.25) is 5.91 Å². The molecule has 1 aliphatic carbocycles. The zero-order valence-corrected chi connectivity index (χ0v) is 12.8. The zero-order chi connectivity index (χ0) is 15.3. The second-order valence-electron chi connectivity index (χ2n) is 6.00. The van der Waals surface area contributed by atoms with E-state index in [0.717, 1.165) is 37.7 Å². The smallest absolute Gasteiger partial charge is 0.235 e. The quantitative estimate of drug-likeness (QED) is 0.883. The Bertz CT molecular complexity index is 524. The Balaban J connectivity index is 1.84. The lowest BCUT2D eigenvalue weighted by atomic mass is 9.83. The number of rotatable bonds is 5. The van der Waals surface area contributed by atoms with Crippen LogP contribution >= 0.6 is 0 Å². The van der Waals surface area contributed by atoms with Crippen LogP contribution in [0.1, 0.15) is 37.7 Å². The highest BCUT2D eigenvalue weighted by molar-refractivity contribution is 5.79. The van der Waals surface area contributed by atoms with Crippen LogP contribution in [-0.4, -0.2) is 39.7 Å². The molecule has 0 aliphatic heterocycles. The van der Waals surface area contributed by atoms with Crippen LogP contribution in [0, 0.1) is 11.3 Å². The number of carbonyl (C=O) groups is 1. The summed E-state index contributed by atoms with van der Waals surface area (Å²) in [5, 5.41) is 16.4. The Morgan fingerprint density at radius 2 is 2.24 bits per heavy atom. The average Bonchev–Trinajstić information content (AvgIpc) is 2.84. The lowest BCUT2D eigenvalue weighted by Crippen LogP contribution is -2.51. The van der Waals surface area contributed by atoms with Gasteiger partial charge in [-0.15, -0.1) is 0 Å². The number of carbonyl (C=O) groups excluding carboxylic acids is 1.